The van der Waals surface area contributed by atoms with Gasteiger partial charge >= 0.3 is 0 Å². The highest BCUT2D eigenvalue weighted by molar-refractivity contribution is 7.90. The van der Waals surface area contributed by atoms with E-state index < -0.39 is 31.4 Å². The number of fused-ring (bicyclic) bond motifs is 2. The molecule has 1 saturated carbocycles. The highest BCUT2D eigenvalue weighted by atomic mass is 32.2. The number of hydrogen-bond donors (Lipinski definition) is 3. The largest absolute Gasteiger partial charge is 0.489 e. The first-order valence-electron chi connectivity index (χ1n) is 21.1. The lowest BCUT2D eigenvalue weighted by Crippen LogP contribution is -2.66. The van der Waals surface area contributed by atoms with E-state index in [9.17, 15) is 23.3 Å². The number of hydrogen-bond acceptors (Lipinski definition) is 12. The number of pyridine rings is 2. The third-order valence-electron chi connectivity index (χ3n) is 12.9. The molecule has 0 unspecified atom stereocenters. The summed E-state index contributed by atoms with van der Waals surface area (Å²) in [5.41, 5.74) is 5.64. The summed E-state index contributed by atoms with van der Waals surface area (Å²) in [6.45, 7) is 9.21. The lowest BCUT2D eigenvalue weighted by molar-refractivity contribution is -0.384. The zero-order chi connectivity index (χ0) is 43.5. The van der Waals surface area contributed by atoms with Crippen molar-refractivity contribution in [2.75, 3.05) is 36.5 Å². The Morgan fingerprint density at radius 1 is 1.05 bits per heavy atom. The molecular weight excluding hydrogens is 821 g/mol. The fourth-order valence-electron chi connectivity index (χ4n) is 9.88. The Balaban J connectivity index is 0.869. The molecule has 6 heterocycles. The second-order valence-corrected chi connectivity index (χ2v) is 18.9. The second kappa shape index (κ2) is 15.8. The van der Waals surface area contributed by atoms with Crippen LogP contribution in [-0.4, -0.2) is 77.4 Å². The zero-order valence-electron chi connectivity index (χ0n) is 34.6. The minimum atomic E-state index is -4.65. The number of carbonyl (C=O) groups is 1. The Labute approximate surface area is 364 Å². The van der Waals surface area contributed by atoms with Crippen LogP contribution in [-0.2, 0) is 16.4 Å². The molecular formula is C47H46N8O7S. The first-order chi connectivity index (χ1) is 30.4. The molecule has 1 aliphatic carbocycles. The van der Waals surface area contributed by atoms with Gasteiger partial charge in [0.25, 0.3) is 21.6 Å². The maximum atomic E-state index is 14.0. The molecule has 3 fully saturated rings. The van der Waals surface area contributed by atoms with Crippen LogP contribution in [0.3, 0.4) is 0 Å². The lowest BCUT2D eigenvalue weighted by atomic mass is 9.60. The van der Waals surface area contributed by atoms with Crippen molar-refractivity contribution in [2.24, 2.45) is 5.41 Å². The molecule has 0 bridgehead atoms. The summed E-state index contributed by atoms with van der Waals surface area (Å²) in [7, 11) is -4.65. The number of ether oxygens (including phenoxy) is 2. The number of aromatic nitrogens is 3. The van der Waals surface area contributed by atoms with Gasteiger partial charge in [0.1, 0.15) is 23.8 Å². The maximum Gasteiger partial charge on any atom is 0.297 e. The van der Waals surface area contributed by atoms with Crippen LogP contribution in [0.5, 0.6) is 17.2 Å². The van der Waals surface area contributed by atoms with Crippen LogP contribution in [0, 0.1) is 15.5 Å². The molecule has 2 saturated heterocycles. The molecule has 322 valence electrons. The predicted molar refractivity (Wildman–Crippen MR) is 239 cm³/mol. The average molecular weight is 867 g/mol. The second-order valence-electron chi connectivity index (χ2n) is 17.2. The number of sulfonamides is 1. The third-order valence-corrected chi connectivity index (χ3v) is 14.2. The number of nitro groups is 1. The SMILES string of the molecule is C=C(C)c1ccccc1[C@@H]1CCCN1C1CC2(C1)CN(c1ccc(C(=O)NS(=O)(=O)c3cc4c(c([N+](=O)[O-])c3)N[C@@H](Cc3ccccn3)CO4)c(Oc3cnc4[nH]ccc4c3)c1)C2. The third kappa shape index (κ3) is 7.73. The topological polar surface area (TPSA) is 185 Å². The molecule has 1 amide bonds. The molecule has 3 N–H and O–H groups in total. The summed E-state index contributed by atoms with van der Waals surface area (Å²) < 4.78 is 42.1. The number of anilines is 2. The number of amides is 1. The molecule has 16 heteroatoms. The summed E-state index contributed by atoms with van der Waals surface area (Å²) >= 11 is 0. The first kappa shape index (κ1) is 40.3. The Hall–Kier alpha value is -6.78. The molecule has 10 rings (SSSR count). The summed E-state index contributed by atoms with van der Waals surface area (Å²) in [5, 5.41) is 16.2. The molecule has 15 nitrogen and oxygen atoms in total. The van der Waals surface area contributed by atoms with Crippen molar-refractivity contribution >= 4 is 49.6 Å². The van der Waals surface area contributed by atoms with E-state index in [4.69, 9.17) is 9.47 Å². The van der Waals surface area contributed by atoms with Gasteiger partial charge in [-0.1, -0.05) is 42.5 Å². The summed E-state index contributed by atoms with van der Waals surface area (Å²) in [5.74, 6) is -0.516. The minimum Gasteiger partial charge on any atom is -0.489 e. The van der Waals surface area contributed by atoms with Gasteiger partial charge in [-0.2, -0.15) is 0 Å². The molecule has 3 aromatic heterocycles. The van der Waals surface area contributed by atoms with Crippen LogP contribution < -0.4 is 24.4 Å². The van der Waals surface area contributed by atoms with Gasteiger partial charge in [-0.05, 0) is 86.7 Å². The summed E-state index contributed by atoms with van der Waals surface area (Å²) in [6, 6.07) is 25.5. The Kier molecular flexibility index (Phi) is 10.1. The van der Waals surface area contributed by atoms with Gasteiger partial charge in [-0.25, -0.2) is 18.1 Å². The van der Waals surface area contributed by atoms with Crippen molar-refractivity contribution < 1.29 is 27.6 Å². The molecule has 2 atom stereocenters. The van der Waals surface area contributed by atoms with Crippen LogP contribution in [0.25, 0.3) is 16.6 Å². The van der Waals surface area contributed by atoms with Crippen molar-refractivity contribution in [1.29, 1.82) is 0 Å². The standard InChI is InChI=1S/C47H46N8O7S/c1-29(2)37-9-3-4-10-38(37)40-11-7-17-54(40)34-23-47(24-34)27-53(28-47)33-12-13-39(42(20-33)62-35-18-30-14-16-49-45(30)50-25-35)46(56)52-63(59,60)36-21-41(55(57)58)44-43(22-36)61-26-32(51-44)19-31-8-5-6-15-48-31/h3-6,8-10,12-16,18,20-22,25,32,34,40,51H,1,7,11,17,19,23-24,26-28H2,2H3,(H,49,50)(H,52,56)/t32-,40-/m0/s1. The van der Waals surface area contributed by atoms with Gasteiger partial charge < -0.3 is 24.7 Å². The van der Waals surface area contributed by atoms with Crippen LogP contribution in [0.1, 0.15) is 65.8 Å². The van der Waals surface area contributed by atoms with Crippen molar-refractivity contribution in [3.05, 3.63) is 143 Å². The van der Waals surface area contributed by atoms with Gasteiger partial charge in [-0.3, -0.25) is 24.8 Å². The Bertz CT molecular complexity index is 2890. The van der Waals surface area contributed by atoms with E-state index in [1.807, 2.05) is 18.2 Å². The number of H-pyrrole nitrogens is 1. The quantitative estimate of drug-likeness (QED) is 0.0796. The van der Waals surface area contributed by atoms with Crippen molar-refractivity contribution in [1.82, 2.24) is 24.6 Å². The summed E-state index contributed by atoms with van der Waals surface area (Å²) in [6.07, 6.45) is 9.89. The summed E-state index contributed by atoms with van der Waals surface area (Å²) in [4.78, 5) is 41.9. The molecule has 3 aromatic carbocycles. The van der Waals surface area contributed by atoms with E-state index in [0.717, 1.165) is 67.3 Å². The normalized spacial score (nSPS) is 19.3. The van der Waals surface area contributed by atoms with Crippen LogP contribution in [0.15, 0.2) is 115 Å². The number of allylic oxidation sites excluding steroid dienone is 1. The number of rotatable bonds is 12. The average Bonchev–Trinajstić information content (AvgIpc) is 3.93. The monoisotopic (exact) mass is 866 g/mol. The zero-order valence-corrected chi connectivity index (χ0v) is 35.4. The van der Waals surface area contributed by atoms with Crippen LogP contribution >= 0.6 is 0 Å². The fraction of sp³-hybridized carbons (Fsp3) is 0.298. The van der Waals surface area contributed by atoms with Gasteiger partial charge in [0.2, 0.25) is 0 Å². The Morgan fingerprint density at radius 3 is 2.67 bits per heavy atom. The molecule has 1 spiro atoms. The highest BCUT2D eigenvalue weighted by Crippen LogP contribution is 2.54. The van der Waals surface area contributed by atoms with E-state index in [-0.39, 0.29) is 40.8 Å². The number of benzene rings is 3. The fourth-order valence-corrected chi connectivity index (χ4v) is 10.9. The molecule has 3 aliphatic heterocycles. The van der Waals surface area contributed by atoms with E-state index in [1.165, 1.54) is 29.8 Å². The van der Waals surface area contributed by atoms with E-state index in [2.05, 4.69) is 72.6 Å². The number of carbonyl (C=O) groups excluding carboxylic acids is 1. The van der Waals surface area contributed by atoms with Crippen molar-refractivity contribution in [3.8, 4) is 17.2 Å². The first-order valence-corrected chi connectivity index (χ1v) is 22.6. The number of nitrogens with one attached hydrogen (secondary N) is 3. The van der Waals surface area contributed by atoms with Gasteiger partial charge in [0.05, 0.1) is 27.6 Å². The minimum absolute atomic E-state index is 0.0196. The number of likely N-dealkylation sites (tertiary alicyclic amines) is 1. The van der Waals surface area contributed by atoms with Crippen LogP contribution in [0.2, 0.25) is 0 Å². The van der Waals surface area contributed by atoms with E-state index in [0.29, 0.717) is 29.9 Å². The van der Waals surface area contributed by atoms with Gasteiger partial charge in [0.15, 0.2) is 11.4 Å². The molecule has 6 aromatic rings. The Morgan fingerprint density at radius 2 is 1.87 bits per heavy atom. The predicted octanol–water partition coefficient (Wildman–Crippen LogP) is 8.03. The van der Waals surface area contributed by atoms with Crippen molar-refractivity contribution in [2.45, 2.75) is 62.0 Å². The number of aromatic amines is 1. The maximum absolute atomic E-state index is 14.0. The highest BCUT2D eigenvalue weighted by Gasteiger charge is 2.55. The van der Waals surface area contributed by atoms with Gasteiger partial charge in [-0.15, -0.1) is 0 Å². The van der Waals surface area contributed by atoms with E-state index >= 15 is 0 Å². The van der Waals surface area contributed by atoms with Crippen molar-refractivity contribution in [3.63, 3.8) is 0 Å². The lowest BCUT2D eigenvalue weighted by Gasteiger charge is -2.62. The number of nitro benzene ring substituents is 1. The molecule has 0 radical (unpaired) electrons. The molecule has 4 aliphatic rings. The van der Waals surface area contributed by atoms with Crippen LogP contribution in [0.4, 0.5) is 17.1 Å². The van der Waals surface area contributed by atoms with Gasteiger partial charge in [0, 0.05) is 84.4 Å². The van der Waals surface area contributed by atoms with E-state index in [1.54, 1.807) is 42.7 Å². The number of nitrogens with zero attached hydrogens (tertiary/aromatic N) is 5. The molecule has 63 heavy (non-hydrogen) atoms. The smallest absolute Gasteiger partial charge is 0.297 e.